The maximum atomic E-state index is 12.7. The third-order valence-corrected chi connectivity index (χ3v) is 4.05. The fourth-order valence-electron chi connectivity index (χ4n) is 2.97. The lowest BCUT2D eigenvalue weighted by Gasteiger charge is -2.13. The summed E-state index contributed by atoms with van der Waals surface area (Å²) in [4.78, 5) is 17.2. The van der Waals surface area contributed by atoms with Crippen LogP contribution in [-0.2, 0) is 0 Å². The highest BCUT2D eigenvalue weighted by atomic mass is 16.5. The molecule has 124 valence electrons. The molecule has 0 atom stereocenters. The molecule has 4 aromatic rings. The molecule has 25 heavy (non-hydrogen) atoms. The fourth-order valence-corrected chi connectivity index (χ4v) is 2.97. The number of para-hydroxylation sites is 1. The van der Waals surface area contributed by atoms with Gasteiger partial charge in [0.2, 0.25) is 5.78 Å². The predicted molar refractivity (Wildman–Crippen MR) is 98.3 cm³/mol. The van der Waals surface area contributed by atoms with Crippen molar-refractivity contribution in [2.45, 2.75) is 20.0 Å². The molecule has 4 heteroatoms. The van der Waals surface area contributed by atoms with Crippen LogP contribution in [0.3, 0.4) is 0 Å². The lowest BCUT2D eigenvalue weighted by atomic mass is 10.1. The Balaban J connectivity index is 1.91. The van der Waals surface area contributed by atoms with Gasteiger partial charge >= 0.3 is 0 Å². The van der Waals surface area contributed by atoms with Crippen molar-refractivity contribution in [1.82, 2.24) is 9.38 Å². The van der Waals surface area contributed by atoms with Gasteiger partial charge in [-0.3, -0.25) is 9.20 Å². The Labute approximate surface area is 145 Å². The van der Waals surface area contributed by atoms with Crippen molar-refractivity contribution in [3.05, 3.63) is 78.1 Å². The van der Waals surface area contributed by atoms with Gasteiger partial charge in [-0.05, 0) is 26.0 Å². The number of benzene rings is 2. The van der Waals surface area contributed by atoms with Crippen LogP contribution in [0.1, 0.15) is 29.9 Å². The molecular weight excluding hydrogens is 312 g/mol. The molecule has 0 aliphatic carbocycles. The summed E-state index contributed by atoms with van der Waals surface area (Å²) in [6.45, 7) is 3.99. The van der Waals surface area contributed by atoms with Crippen molar-refractivity contribution in [1.29, 1.82) is 0 Å². The summed E-state index contributed by atoms with van der Waals surface area (Å²) >= 11 is 0. The summed E-state index contributed by atoms with van der Waals surface area (Å²) in [5.41, 5.74) is 2.73. The predicted octanol–water partition coefficient (Wildman–Crippen LogP) is 4.51. The highest BCUT2D eigenvalue weighted by Crippen LogP contribution is 2.29. The van der Waals surface area contributed by atoms with E-state index in [0.29, 0.717) is 16.9 Å². The van der Waals surface area contributed by atoms with Crippen LogP contribution >= 0.6 is 0 Å². The number of nitrogens with zero attached hydrogens (tertiary/aromatic N) is 2. The van der Waals surface area contributed by atoms with Crippen LogP contribution in [0.2, 0.25) is 0 Å². The van der Waals surface area contributed by atoms with Crippen LogP contribution in [0.5, 0.6) is 5.75 Å². The molecule has 2 aromatic heterocycles. The molecule has 0 bridgehead atoms. The molecule has 0 unspecified atom stereocenters. The number of ether oxygens (including phenoxy) is 1. The lowest BCUT2D eigenvalue weighted by molar-refractivity contribution is 0.103. The Morgan fingerprint density at radius 2 is 1.76 bits per heavy atom. The molecule has 0 aliphatic rings. The molecule has 0 amide bonds. The van der Waals surface area contributed by atoms with E-state index in [-0.39, 0.29) is 11.9 Å². The maximum Gasteiger partial charge on any atom is 0.212 e. The number of carbonyl (C=O) groups excluding carboxylic acids is 1. The highest BCUT2D eigenvalue weighted by molar-refractivity contribution is 6.08. The molecule has 0 radical (unpaired) electrons. The van der Waals surface area contributed by atoms with Crippen molar-refractivity contribution in [2.75, 3.05) is 0 Å². The first-order valence-corrected chi connectivity index (χ1v) is 8.31. The molecule has 0 fully saturated rings. The zero-order valence-corrected chi connectivity index (χ0v) is 14.1. The van der Waals surface area contributed by atoms with Crippen LogP contribution in [-0.4, -0.2) is 21.3 Å². The topological polar surface area (TPSA) is 43.6 Å². The summed E-state index contributed by atoms with van der Waals surface area (Å²) in [7, 11) is 0. The van der Waals surface area contributed by atoms with E-state index in [1.54, 1.807) is 18.3 Å². The summed E-state index contributed by atoms with van der Waals surface area (Å²) < 4.78 is 7.89. The minimum Gasteiger partial charge on any atom is -0.490 e. The second-order valence-corrected chi connectivity index (χ2v) is 6.24. The quantitative estimate of drug-likeness (QED) is 0.517. The number of pyridine rings is 1. The van der Waals surface area contributed by atoms with Crippen LogP contribution in [0.15, 0.2) is 66.9 Å². The molecule has 0 saturated carbocycles. The molecule has 0 spiro atoms. The van der Waals surface area contributed by atoms with Gasteiger partial charge in [0.05, 0.1) is 11.6 Å². The summed E-state index contributed by atoms with van der Waals surface area (Å²) in [6.07, 6.45) is 1.86. The average molecular weight is 330 g/mol. The maximum absolute atomic E-state index is 12.7. The van der Waals surface area contributed by atoms with Crippen molar-refractivity contribution < 1.29 is 9.53 Å². The van der Waals surface area contributed by atoms with E-state index in [9.17, 15) is 4.79 Å². The first kappa shape index (κ1) is 15.4. The van der Waals surface area contributed by atoms with Gasteiger partial charge in [-0.2, -0.15) is 0 Å². The summed E-state index contributed by atoms with van der Waals surface area (Å²) in [5, 5.41) is 1.000. The highest BCUT2D eigenvalue weighted by Gasteiger charge is 2.16. The van der Waals surface area contributed by atoms with Crippen LogP contribution < -0.4 is 4.74 Å². The minimum atomic E-state index is -0.0836. The van der Waals surface area contributed by atoms with E-state index < -0.39 is 0 Å². The Morgan fingerprint density at radius 1 is 1.04 bits per heavy atom. The minimum absolute atomic E-state index is 0.0613. The van der Waals surface area contributed by atoms with E-state index in [0.717, 1.165) is 16.7 Å². The Hall–Kier alpha value is -3.14. The number of ketones is 1. The van der Waals surface area contributed by atoms with E-state index in [1.807, 2.05) is 66.8 Å². The van der Waals surface area contributed by atoms with Gasteiger partial charge in [-0.25, -0.2) is 4.98 Å². The molecule has 2 heterocycles. The van der Waals surface area contributed by atoms with Gasteiger partial charge < -0.3 is 4.74 Å². The molecule has 0 aliphatic heterocycles. The standard InChI is InChI=1S/C21H18N2O2/c1-14(2)25-19-12-20-22-17(21(24)15-8-4-3-5-9-15)13-23(20)18-11-7-6-10-16(18)19/h3-14H,1-2H3. The first-order chi connectivity index (χ1) is 12.1. The molecule has 2 aromatic carbocycles. The van der Waals surface area contributed by atoms with Gasteiger partial charge in [0.1, 0.15) is 17.1 Å². The van der Waals surface area contributed by atoms with E-state index >= 15 is 0 Å². The Morgan fingerprint density at radius 3 is 2.52 bits per heavy atom. The van der Waals surface area contributed by atoms with Crippen LogP contribution in [0, 0.1) is 0 Å². The second kappa shape index (κ2) is 6.06. The molecule has 0 N–H and O–H groups in total. The van der Waals surface area contributed by atoms with Crippen molar-refractivity contribution in [3.63, 3.8) is 0 Å². The molecular formula is C21H18N2O2. The summed E-state index contributed by atoms with van der Waals surface area (Å²) in [5.74, 6) is 0.696. The van der Waals surface area contributed by atoms with E-state index in [4.69, 9.17) is 4.74 Å². The van der Waals surface area contributed by atoms with Crippen molar-refractivity contribution >= 4 is 22.3 Å². The second-order valence-electron chi connectivity index (χ2n) is 6.24. The Bertz CT molecular complexity index is 1070. The average Bonchev–Trinajstić information content (AvgIpc) is 3.06. The number of hydrogen-bond donors (Lipinski definition) is 0. The third-order valence-electron chi connectivity index (χ3n) is 4.05. The molecule has 4 rings (SSSR count). The zero-order valence-electron chi connectivity index (χ0n) is 14.1. The number of fused-ring (bicyclic) bond motifs is 3. The number of rotatable bonds is 4. The van der Waals surface area contributed by atoms with Gasteiger partial charge in [0.15, 0.2) is 0 Å². The number of carbonyl (C=O) groups is 1. The molecule has 0 saturated heterocycles. The monoisotopic (exact) mass is 330 g/mol. The largest absolute Gasteiger partial charge is 0.490 e. The molecule has 4 nitrogen and oxygen atoms in total. The third kappa shape index (κ3) is 2.76. The number of aromatic nitrogens is 2. The van der Waals surface area contributed by atoms with Crippen LogP contribution in [0.4, 0.5) is 0 Å². The van der Waals surface area contributed by atoms with Gasteiger partial charge in [0, 0.05) is 23.2 Å². The first-order valence-electron chi connectivity index (χ1n) is 8.31. The number of hydrogen-bond acceptors (Lipinski definition) is 3. The summed E-state index contributed by atoms with van der Waals surface area (Å²) in [6, 6.07) is 19.1. The van der Waals surface area contributed by atoms with Crippen molar-refractivity contribution in [3.8, 4) is 5.75 Å². The fraction of sp³-hybridized carbons (Fsp3) is 0.143. The number of imidazole rings is 1. The normalized spacial score (nSPS) is 11.3. The van der Waals surface area contributed by atoms with Crippen molar-refractivity contribution in [2.24, 2.45) is 0 Å². The van der Waals surface area contributed by atoms with E-state index in [2.05, 4.69) is 4.98 Å². The smallest absolute Gasteiger partial charge is 0.212 e. The Kier molecular flexibility index (Phi) is 3.73. The van der Waals surface area contributed by atoms with Gasteiger partial charge in [0.25, 0.3) is 0 Å². The zero-order chi connectivity index (χ0) is 17.4. The van der Waals surface area contributed by atoms with E-state index in [1.165, 1.54) is 0 Å². The van der Waals surface area contributed by atoms with Gasteiger partial charge in [-0.15, -0.1) is 0 Å². The lowest BCUT2D eigenvalue weighted by Crippen LogP contribution is -2.06. The SMILES string of the molecule is CC(C)Oc1cc2nc(C(=O)c3ccccc3)cn2c2ccccc12. The van der Waals surface area contributed by atoms with Crippen LogP contribution in [0.25, 0.3) is 16.6 Å². The van der Waals surface area contributed by atoms with Gasteiger partial charge in [-0.1, -0.05) is 42.5 Å².